The van der Waals surface area contributed by atoms with Gasteiger partial charge in [-0.3, -0.25) is 4.79 Å². The molecule has 112 valence electrons. The largest absolute Gasteiger partial charge is 0.352 e. The Bertz CT molecular complexity index is 544. The molecule has 1 amide bonds. The molecule has 1 fully saturated rings. The Balaban J connectivity index is 1.88. The highest BCUT2D eigenvalue weighted by Crippen LogP contribution is 2.14. The Morgan fingerprint density at radius 3 is 3.10 bits per heavy atom. The standard InChI is InChI=1S/C17H23N3O/c1-2-20-10-8-15(13-20)12-19-17(21)16-7-3-5-14(11-16)6-4-9-18/h3,5,7,11,15H,2,8-10,12-13,18H2,1H3,(H,19,21). The maximum Gasteiger partial charge on any atom is 0.251 e. The van der Waals surface area contributed by atoms with Crippen LogP contribution in [0.15, 0.2) is 24.3 Å². The number of nitrogens with one attached hydrogen (secondary N) is 1. The first-order valence-electron chi connectivity index (χ1n) is 7.52. The van der Waals surface area contributed by atoms with Crippen LogP contribution >= 0.6 is 0 Å². The molecule has 1 heterocycles. The van der Waals surface area contributed by atoms with Gasteiger partial charge in [0.1, 0.15) is 0 Å². The third-order valence-corrected chi connectivity index (χ3v) is 3.83. The first-order valence-corrected chi connectivity index (χ1v) is 7.52. The van der Waals surface area contributed by atoms with Gasteiger partial charge in [0.2, 0.25) is 0 Å². The number of hydrogen-bond donors (Lipinski definition) is 2. The average molecular weight is 285 g/mol. The predicted molar refractivity (Wildman–Crippen MR) is 84.9 cm³/mol. The second kappa shape index (κ2) is 7.82. The lowest BCUT2D eigenvalue weighted by Gasteiger charge is -2.13. The van der Waals surface area contributed by atoms with Gasteiger partial charge in [-0.15, -0.1) is 0 Å². The zero-order chi connectivity index (χ0) is 15.1. The van der Waals surface area contributed by atoms with Crippen LogP contribution in [0.5, 0.6) is 0 Å². The van der Waals surface area contributed by atoms with Gasteiger partial charge < -0.3 is 16.0 Å². The molecular formula is C17H23N3O. The summed E-state index contributed by atoms with van der Waals surface area (Å²) < 4.78 is 0. The highest BCUT2D eigenvalue weighted by atomic mass is 16.1. The van der Waals surface area contributed by atoms with Crippen LogP contribution in [-0.2, 0) is 0 Å². The molecule has 0 aromatic heterocycles. The lowest BCUT2D eigenvalue weighted by atomic mass is 10.1. The van der Waals surface area contributed by atoms with E-state index in [-0.39, 0.29) is 5.91 Å². The fourth-order valence-electron chi connectivity index (χ4n) is 2.60. The zero-order valence-electron chi connectivity index (χ0n) is 12.6. The van der Waals surface area contributed by atoms with Crippen molar-refractivity contribution < 1.29 is 4.79 Å². The number of amides is 1. The van der Waals surface area contributed by atoms with Crippen LogP contribution in [0.2, 0.25) is 0 Å². The van der Waals surface area contributed by atoms with Crippen molar-refractivity contribution in [2.24, 2.45) is 11.7 Å². The molecule has 1 aromatic carbocycles. The minimum absolute atomic E-state index is 0.0265. The van der Waals surface area contributed by atoms with Crippen LogP contribution < -0.4 is 11.1 Å². The molecule has 3 N–H and O–H groups in total. The molecule has 0 bridgehead atoms. The number of carbonyl (C=O) groups is 1. The molecule has 1 saturated heterocycles. The fraction of sp³-hybridized carbons (Fsp3) is 0.471. The third-order valence-electron chi connectivity index (χ3n) is 3.83. The zero-order valence-corrected chi connectivity index (χ0v) is 12.6. The number of rotatable bonds is 4. The fourth-order valence-corrected chi connectivity index (χ4v) is 2.60. The molecule has 2 rings (SSSR count). The van der Waals surface area contributed by atoms with E-state index in [1.54, 1.807) is 0 Å². The number of nitrogens with zero attached hydrogens (tertiary/aromatic N) is 1. The monoisotopic (exact) mass is 285 g/mol. The molecule has 1 aliphatic heterocycles. The number of nitrogens with two attached hydrogens (primary N) is 1. The van der Waals surface area contributed by atoms with Crippen LogP contribution in [-0.4, -0.2) is 43.5 Å². The lowest BCUT2D eigenvalue weighted by Crippen LogP contribution is -2.31. The first-order chi connectivity index (χ1) is 10.2. The van der Waals surface area contributed by atoms with Crippen LogP contribution in [0.3, 0.4) is 0 Å². The molecule has 0 spiro atoms. The smallest absolute Gasteiger partial charge is 0.251 e. The summed E-state index contributed by atoms with van der Waals surface area (Å²) >= 11 is 0. The Kier molecular flexibility index (Phi) is 5.79. The summed E-state index contributed by atoms with van der Waals surface area (Å²) in [5.41, 5.74) is 6.84. The molecule has 1 aromatic rings. The van der Waals surface area contributed by atoms with Gasteiger partial charge in [0.25, 0.3) is 5.91 Å². The summed E-state index contributed by atoms with van der Waals surface area (Å²) in [5.74, 6) is 6.29. The van der Waals surface area contributed by atoms with Crippen LogP contribution in [0.1, 0.15) is 29.3 Å². The van der Waals surface area contributed by atoms with E-state index in [2.05, 4.69) is 29.0 Å². The minimum Gasteiger partial charge on any atom is -0.352 e. The maximum atomic E-state index is 12.2. The summed E-state index contributed by atoms with van der Waals surface area (Å²) in [6.45, 7) is 6.56. The van der Waals surface area contributed by atoms with Crippen molar-refractivity contribution in [2.75, 3.05) is 32.7 Å². The average Bonchev–Trinajstić information content (AvgIpc) is 2.99. The second-order valence-electron chi connectivity index (χ2n) is 5.34. The summed E-state index contributed by atoms with van der Waals surface area (Å²) in [6.07, 6.45) is 1.16. The summed E-state index contributed by atoms with van der Waals surface area (Å²) in [6, 6.07) is 7.36. The van der Waals surface area contributed by atoms with Gasteiger partial charge in [0, 0.05) is 24.2 Å². The molecule has 1 atom stereocenters. The molecule has 1 aliphatic rings. The number of benzene rings is 1. The first kappa shape index (κ1) is 15.6. The second-order valence-corrected chi connectivity index (χ2v) is 5.34. The van der Waals surface area contributed by atoms with E-state index in [1.807, 2.05) is 24.3 Å². The highest BCUT2D eigenvalue weighted by molar-refractivity contribution is 5.94. The van der Waals surface area contributed by atoms with E-state index in [4.69, 9.17) is 5.73 Å². The molecule has 21 heavy (non-hydrogen) atoms. The van der Waals surface area contributed by atoms with Gasteiger partial charge in [-0.05, 0) is 43.6 Å². The normalized spacial score (nSPS) is 18.1. The van der Waals surface area contributed by atoms with Gasteiger partial charge >= 0.3 is 0 Å². The van der Waals surface area contributed by atoms with E-state index in [1.165, 1.54) is 0 Å². The summed E-state index contributed by atoms with van der Waals surface area (Å²) in [4.78, 5) is 14.6. The van der Waals surface area contributed by atoms with Gasteiger partial charge in [-0.25, -0.2) is 0 Å². The van der Waals surface area contributed by atoms with Crippen molar-refractivity contribution in [3.05, 3.63) is 35.4 Å². The summed E-state index contributed by atoms with van der Waals surface area (Å²) in [7, 11) is 0. The Hall–Kier alpha value is -1.83. The molecule has 4 nitrogen and oxygen atoms in total. The van der Waals surface area contributed by atoms with Crippen molar-refractivity contribution in [3.8, 4) is 11.8 Å². The lowest BCUT2D eigenvalue weighted by molar-refractivity contribution is 0.0947. The number of likely N-dealkylation sites (tertiary alicyclic amines) is 1. The predicted octanol–water partition coefficient (Wildman–Crippen LogP) is 1.07. The van der Waals surface area contributed by atoms with Gasteiger partial charge in [-0.1, -0.05) is 24.8 Å². The van der Waals surface area contributed by atoms with Gasteiger partial charge in [0.15, 0.2) is 0 Å². The molecule has 0 radical (unpaired) electrons. The van der Waals surface area contributed by atoms with Crippen molar-refractivity contribution in [1.82, 2.24) is 10.2 Å². The molecule has 0 saturated carbocycles. The molecule has 1 unspecified atom stereocenters. The van der Waals surface area contributed by atoms with E-state index >= 15 is 0 Å². The number of carbonyl (C=O) groups excluding carboxylic acids is 1. The topological polar surface area (TPSA) is 58.4 Å². The molecular weight excluding hydrogens is 262 g/mol. The third kappa shape index (κ3) is 4.59. The van der Waals surface area contributed by atoms with Gasteiger partial charge in [0.05, 0.1) is 6.54 Å². The van der Waals surface area contributed by atoms with Crippen LogP contribution in [0, 0.1) is 17.8 Å². The van der Waals surface area contributed by atoms with Crippen LogP contribution in [0.25, 0.3) is 0 Å². The Labute approximate surface area is 126 Å². The highest BCUT2D eigenvalue weighted by Gasteiger charge is 2.21. The van der Waals surface area contributed by atoms with Crippen molar-refractivity contribution in [3.63, 3.8) is 0 Å². The van der Waals surface area contributed by atoms with Gasteiger partial charge in [-0.2, -0.15) is 0 Å². The van der Waals surface area contributed by atoms with Crippen molar-refractivity contribution in [1.29, 1.82) is 0 Å². The van der Waals surface area contributed by atoms with E-state index in [9.17, 15) is 4.79 Å². The molecule has 4 heteroatoms. The number of hydrogen-bond acceptors (Lipinski definition) is 3. The van der Waals surface area contributed by atoms with E-state index in [0.717, 1.165) is 38.2 Å². The van der Waals surface area contributed by atoms with E-state index < -0.39 is 0 Å². The minimum atomic E-state index is -0.0265. The van der Waals surface area contributed by atoms with Crippen molar-refractivity contribution in [2.45, 2.75) is 13.3 Å². The Morgan fingerprint density at radius 1 is 1.52 bits per heavy atom. The SMILES string of the molecule is CCN1CCC(CNC(=O)c2cccc(C#CCN)c2)C1. The van der Waals surface area contributed by atoms with Crippen molar-refractivity contribution >= 4 is 5.91 Å². The quantitative estimate of drug-likeness (QED) is 0.814. The Morgan fingerprint density at radius 2 is 2.38 bits per heavy atom. The van der Waals surface area contributed by atoms with E-state index in [0.29, 0.717) is 18.0 Å². The molecule has 0 aliphatic carbocycles. The summed E-state index contributed by atoms with van der Waals surface area (Å²) in [5, 5.41) is 3.03. The van der Waals surface area contributed by atoms with Crippen LogP contribution in [0.4, 0.5) is 0 Å². The maximum absolute atomic E-state index is 12.2.